The third-order valence-electron chi connectivity index (χ3n) is 3.40. The van der Waals surface area contributed by atoms with Gasteiger partial charge in [-0.25, -0.2) is 4.79 Å². The molecule has 0 saturated heterocycles. The van der Waals surface area contributed by atoms with Gasteiger partial charge in [-0.3, -0.25) is 14.7 Å². The molecule has 2 rings (SSSR count). The van der Waals surface area contributed by atoms with Crippen molar-refractivity contribution in [3.05, 3.63) is 44.8 Å². The van der Waals surface area contributed by atoms with E-state index in [1.165, 1.54) is 4.57 Å². The molecule has 0 aliphatic rings. The standard InChI is InChI=1S/C15H16N4O3/c1-8-5-9(2)19(15(21)17-8)7-13(20)18-14-12(6-16)10(3)11(4)22-14/h5H,7H2,1-4H3,(H,18,20). The Bertz CT molecular complexity index is 840. The molecular weight excluding hydrogens is 284 g/mol. The van der Waals surface area contributed by atoms with Gasteiger partial charge in [-0.15, -0.1) is 0 Å². The normalized spacial score (nSPS) is 10.3. The van der Waals surface area contributed by atoms with E-state index in [0.717, 1.165) is 0 Å². The quantitative estimate of drug-likeness (QED) is 0.927. The first kappa shape index (κ1) is 15.5. The summed E-state index contributed by atoms with van der Waals surface area (Å²) < 4.78 is 6.63. The van der Waals surface area contributed by atoms with E-state index in [9.17, 15) is 9.59 Å². The molecule has 0 aliphatic heterocycles. The fraction of sp³-hybridized carbons (Fsp3) is 0.333. The number of amides is 1. The second kappa shape index (κ2) is 5.85. The Morgan fingerprint density at radius 2 is 2.09 bits per heavy atom. The van der Waals surface area contributed by atoms with Gasteiger partial charge in [-0.1, -0.05) is 0 Å². The topological polar surface area (TPSA) is 101 Å². The van der Waals surface area contributed by atoms with Gasteiger partial charge in [0.05, 0.1) is 0 Å². The molecule has 114 valence electrons. The minimum absolute atomic E-state index is 0.105. The Morgan fingerprint density at radius 1 is 1.41 bits per heavy atom. The molecule has 2 heterocycles. The molecule has 0 fully saturated rings. The molecule has 0 saturated carbocycles. The Balaban J connectivity index is 2.24. The number of nitrogens with zero attached hydrogens (tertiary/aromatic N) is 3. The zero-order chi connectivity index (χ0) is 16.4. The number of aryl methyl sites for hydroxylation is 3. The van der Waals surface area contributed by atoms with E-state index in [2.05, 4.69) is 10.3 Å². The van der Waals surface area contributed by atoms with Gasteiger partial charge in [0, 0.05) is 17.0 Å². The fourth-order valence-corrected chi connectivity index (χ4v) is 2.13. The van der Waals surface area contributed by atoms with Crippen molar-refractivity contribution in [2.24, 2.45) is 0 Å². The highest BCUT2D eigenvalue weighted by atomic mass is 16.4. The second-order valence-electron chi connectivity index (χ2n) is 5.05. The summed E-state index contributed by atoms with van der Waals surface area (Å²) in [5.74, 6) is 0.214. The molecule has 7 nitrogen and oxygen atoms in total. The Hall–Kier alpha value is -2.88. The third-order valence-corrected chi connectivity index (χ3v) is 3.40. The summed E-state index contributed by atoms with van der Waals surface area (Å²) in [4.78, 5) is 27.7. The largest absolute Gasteiger partial charge is 0.444 e. The first-order valence-corrected chi connectivity index (χ1v) is 6.68. The summed E-state index contributed by atoms with van der Waals surface area (Å²) in [6.45, 7) is 6.70. The van der Waals surface area contributed by atoms with E-state index in [1.807, 2.05) is 6.07 Å². The van der Waals surface area contributed by atoms with E-state index < -0.39 is 11.6 Å². The maximum absolute atomic E-state index is 12.1. The molecule has 0 aliphatic carbocycles. The Morgan fingerprint density at radius 3 is 2.68 bits per heavy atom. The maximum Gasteiger partial charge on any atom is 0.348 e. The lowest BCUT2D eigenvalue weighted by atomic mass is 10.2. The number of rotatable bonds is 3. The van der Waals surface area contributed by atoms with Crippen molar-refractivity contribution in [3.63, 3.8) is 0 Å². The lowest BCUT2D eigenvalue weighted by Crippen LogP contribution is -2.31. The van der Waals surface area contributed by atoms with Crippen LogP contribution in [0.15, 0.2) is 15.3 Å². The lowest BCUT2D eigenvalue weighted by Gasteiger charge is -2.09. The zero-order valence-corrected chi connectivity index (χ0v) is 12.9. The van der Waals surface area contributed by atoms with Gasteiger partial charge in [0.2, 0.25) is 11.8 Å². The van der Waals surface area contributed by atoms with Crippen LogP contribution in [0.4, 0.5) is 5.88 Å². The zero-order valence-electron chi connectivity index (χ0n) is 12.9. The molecule has 1 N–H and O–H groups in total. The molecule has 0 bridgehead atoms. The van der Waals surface area contributed by atoms with Crippen LogP contribution in [-0.4, -0.2) is 15.5 Å². The minimum Gasteiger partial charge on any atom is -0.444 e. The molecule has 22 heavy (non-hydrogen) atoms. The molecule has 2 aromatic heterocycles. The number of furan rings is 1. The van der Waals surface area contributed by atoms with Gasteiger partial charge in [0.15, 0.2) is 0 Å². The number of hydrogen-bond acceptors (Lipinski definition) is 5. The van der Waals surface area contributed by atoms with Crippen LogP contribution in [0.2, 0.25) is 0 Å². The summed E-state index contributed by atoms with van der Waals surface area (Å²) in [7, 11) is 0. The highest BCUT2D eigenvalue weighted by Crippen LogP contribution is 2.25. The van der Waals surface area contributed by atoms with Crippen LogP contribution in [-0.2, 0) is 11.3 Å². The molecule has 0 atom stereocenters. The number of carbonyl (C=O) groups excluding carboxylic acids is 1. The predicted molar refractivity (Wildman–Crippen MR) is 79.5 cm³/mol. The maximum atomic E-state index is 12.1. The van der Waals surface area contributed by atoms with E-state index in [1.54, 1.807) is 33.8 Å². The van der Waals surface area contributed by atoms with Crippen LogP contribution in [0, 0.1) is 39.0 Å². The monoisotopic (exact) mass is 300 g/mol. The first-order valence-electron chi connectivity index (χ1n) is 6.68. The molecule has 0 aromatic carbocycles. The number of carbonyl (C=O) groups is 1. The van der Waals surface area contributed by atoms with Crippen LogP contribution in [0.5, 0.6) is 0 Å². The molecule has 2 aromatic rings. The summed E-state index contributed by atoms with van der Waals surface area (Å²) in [5, 5.41) is 11.6. The van der Waals surface area contributed by atoms with Crippen molar-refractivity contribution in [1.82, 2.24) is 9.55 Å². The molecule has 7 heteroatoms. The fourth-order valence-electron chi connectivity index (χ4n) is 2.13. The molecular formula is C15H16N4O3. The number of hydrogen-bond donors (Lipinski definition) is 1. The van der Waals surface area contributed by atoms with Gasteiger partial charge in [-0.2, -0.15) is 10.2 Å². The summed E-state index contributed by atoms with van der Waals surface area (Å²) in [6, 6.07) is 3.71. The highest BCUT2D eigenvalue weighted by molar-refractivity contribution is 5.90. The van der Waals surface area contributed by atoms with E-state index >= 15 is 0 Å². The summed E-state index contributed by atoms with van der Waals surface area (Å²) in [5.41, 5.74) is 1.73. The molecule has 0 spiro atoms. The smallest absolute Gasteiger partial charge is 0.348 e. The van der Waals surface area contributed by atoms with Crippen LogP contribution >= 0.6 is 0 Å². The average molecular weight is 300 g/mol. The number of anilines is 1. The van der Waals surface area contributed by atoms with Crippen molar-refractivity contribution < 1.29 is 9.21 Å². The van der Waals surface area contributed by atoms with Crippen molar-refractivity contribution in [2.75, 3.05) is 5.32 Å². The van der Waals surface area contributed by atoms with Gasteiger partial charge >= 0.3 is 5.69 Å². The van der Waals surface area contributed by atoms with Gasteiger partial charge in [0.25, 0.3) is 0 Å². The van der Waals surface area contributed by atoms with Crippen LogP contribution in [0.25, 0.3) is 0 Å². The Kier molecular flexibility index (Phi) is 4.13. The van der Waals surface area contributed by atoms with E-state index in [4.69, 9.17) is 9.68 Å². The van der Waals surface area contributed by atoms with E-state index in [-0.39, 0.29) is 18.0 Å². The van der Waals surface area contributed by atoms with Crippen molar-refractivity contribution in [2.45, 2.75) is 34.2 Å². The number of nitriles is 1. The van der Waals surface area contributed by atoms with Gasteiger partial charge in [0.1, 0.15) is 23.9 Å². The van der Waals surface area contributed by atoms with E-state index in [0.29, 0.717) is 22.7 Å². The Labute approximate surface area is 127 Å². The highest BCUT2D eigenvalue weighted by Gasteiger charge is 2.17. The number of aromatic nitrogens is 2. The van der Waals surface area contributed by atoms with Gasteiger partial charge < -0.3 is 4.42 Å². The SMILES string of the molecule is Cc1cc(C)n(CC(=O)Nc2oc(C)c(C)c2C#N)c(=O)n1. The molecule has 0 radical (unpaired) electrons. The summed E-state index contributed by atoms with van der Waals surface area (Å²) >= 11 is 0. The van der Waals surface area contributed by atoms with Crippen molar-refractivity contribution in [3.8, 4) is 6.07 Å². The molecule has 1 amide bonds. The van der Waals surface area contributed by atoms with Crippen LogP contribution in [0.1, 0.15) is 28.3 Å². The lowest BCUT2D eigenvalue weighted by molar-refractivity contribution is -0.116. The van der Waals surface area contributed by atoms with Crippen molar-refractivity contribution >= 4 is 11.8 Å². The molecule has 0 unspecified atom stereocenters. The first-order chi connectivity index (χ1) is 10.3. The third kappa shape index (κ3) is 2.91. The average Bonchev–Trinajstić information content (AvgIpc) is 2.68. The summed E-state index contributed by atoms with van der Waals surface area (Å²) in [6.07, 6.45) is 0. The van der Waals surface area contributed by atoms with Gasteiger partial charge in [-0.05, 0) is 33.8 Å². The predicted octanol–water partition coefficient (Wildman–Crippen LogP) is 1.58. The number of nitrogens with one attached hydrogen (secondary N) is 1. The second-order valence-corrected chi connectivity index (χ2v) is 5.05. The minimum atomic E-state index is -0.486. The van der Waals surface area contributed by atoms with Crippen LogP contribution in [0.3, 0.4) is 0 Å². The van der Waals surface area contributed by atoms with Crippen molar-refractivity contribution in [1.29, 1.82) is 5.26 Å². The van der Waals surface area contributed by atoms with Crippen LogP contribution < -0.4 is 11.0 Å².